The van der Waals surface area contributed by atoms with E-state index in [1.54, 1.807) is 25.3 Å². The number of rotatable bonds is 5. The van der Waals surface area contributed by atoms with Crippen LogP contribution >= 0.6 is 11.6 Å². The second kappa shape index (κ2) is 5.91. The summed E-state index contributed by atoms with van der Waals surface area (Å²) in [6.07, 6.45) is 5.44. The van der Waals surface area contributed by atoms with E-state index < -0.39 is 0 Å². The number of hydrogen-bond acceptors (Lipinski definition) is 3. The van der Waals surface area contributed by atoms with Gasteiger partial charge in [0.05, 0.1) is 18.7 Å². The molecule has 18 heavy (non-hydrogen) atoms. The van der Waals surface area contributed by atoms with Gasteiger partial charge in [-0.15, -0.1) is 0 Å². The van der Waals surface area contributed by atoms with Crippen molar-refractivity contribution >= 4 is 23.6 Å². The summed E-state index contributed by atoms with van der Waals surface area (Å²) in [5.41, 5.74) is 0.837. The van der Waals surface area contributed by atoms with Gasteiger partial charge in [0.2, 0.25) is 0 Å². The Labute approximate surface area is 111 Å². The molecule has 1 aliphatic carbocycles. The Morgan fingerprint density at radius 1 is 1.50 bits per heavy atom. The zero-order valence-electron chi connectivity index (χ0n) is 10.2. The van der Waals surface area contributed by atoms with Gasteiger partial charge in [-0.3, -0.25) is 0 Å². The van der Waals surface area contributed by atoms with Crippen LogP contribution in [-0.4, -0.2) is 19.7 Å². The van der Waals surface area contributed by atoms with Crippen LogP contribution in [0, 0.1) is 5.92 Å². The minimum absolute atomic E-state index is 0.311. The number of carbonyl (C=O) groups is 1. The van der Waals surface area contributed by atoms with Crippen LogP contribution in [0.3, 0.4) is 0 Å². The number of halogens is 1. The molecule has 1 aromatic rings. The van der Waals surface area contributed by atoms with E-state index in [1.165, 1.54) is 18.9 Å². The predicted molar refractivity (Wildman–Crippen MR) is 70.7 cm³/mol. The molecule has 0 radical (unpaired) electrons. The fourth-order valence-corrected chi connectivity index (χ4v) is 1.75. The smallest absolute Gasteiger partial charge is 0.330 e. The standard InChI is InChI=1S/C14H15ClO3/c1-17-13-6-4-10(8-12(13)15)5-7-14(16)18-9-11-2-3-11/h4-8,11H,2-3,9H2,1H3. The molecule has 0 unspecified atom stereocenters. The van der Waals surface area contributed by atoms with Crippen LogP contribution in [0.1, 0.15) is 18.4 Å². The normalized spacial score (nSPS) is 14.8. The Hall–Kier alpha value is -1.48. The Morgan fingerprint density at radius 3 is 2.89 bits per heavy atom. The molecule has 0 bridgehead atoms. The third-order valence-corrected chi connectivity index (χ3v) is 3.04. The third-order valence-electron chi connectivity index (χ3n) is 2.75. The zero-order valence-corrected chi connectivity index (χ0v) is 10.9. The lowest BCUT2D eigenvalue weighted by Gasteiger charge is -2.03. The highest BCUT2D eigenvalue weighted by Gasteiger charge is 2.22. The van der Waals surface area contributed by atoms with E-state index in [0.717, 1.165) is 5.56 Å². The lowest BCUT2D eigenvalue weighted by Crippen LogP contribution is -2.03. The molecule has 0 atom stereocenters. The number of benzene rings is 1. The van der Waals surface area contributed by atoms with Crippen molar-refractivity contribution in [1.82, 2.24) is 0 Å². The quantitative estimate of drug-likeness (QED) is 0.606. The fraction of sp³-hybridized carbons (Fsp3) is 0.357. The fourth-order valence-electron chi connectivity index (χ4n) is 1.48. The van der Waals surface area contributed by atoms with Crippen molar-refractivity contribution in [3.05, 3.63) is 34.9 Å². The Bertz CT molecular complexity index is 464. The van der Waals surface area contributed by atoms with Crippen molar-refractivity contribution in [2.45, 2.75) is 12.8 Å². The highest BCUT2D eigenvalue weighted by Crippen LogP contribution is 2.29. The van der Waals surface area contributed by atoms with Crippen molar-refractivity contribution in [3.8, 4) is 5.75 Å². The summed E-state index contributed by atoms with van der Waals surface area (Å²) in [6.45, 7) is 0.534. The summed E-state index contributed by atoms with van der Waals surface area (Å²) in [4.78, 5) is 11.4. The molecule has 2 rings (SSSR count). The van der Waals surface area contributed by atoms with E-state index in [-0.39, 0.29) is 5.97 Å². The molecule has 96 valence electrons. The van der Waals surface area contributed by atoms with Crippen LogP contribution in [0.25, 0.3) is 6.08 Å². The first-order chi connectivity index (χ1) is 8.69. The first-order valence-electron chi connectivity index (χ1n) is 5.87. The molecule has 0 aliphatic heterocycles. The minimum Gasteiger partial charge on any atom is -0.495 e. The van der Waals surface area contributed by atoms with Crippen molar-refractivity contribution in [1.29, 1.82) is 0 Å². The molecule has 0 amide bonds. The van der Waals surface area contributed by atoms with Gasteiger partial charge in [-0.1, -0.05) is 17.7 Å². The number of ether oxygens (including phenoxy) is 2. The third kappa shape index (κ3) is 3.77. The van der Waals surface area contributed by atoms with Crippen LogP contribution < -0.4 is 4.74 Å². The van der Waals surface area contributed by atoms with Gasteiger partial charge in [-0.25, -0.2) is 4.79 Å². The summed E-state index contributed by atoms with van der Waals surface area (Å²) < 4.78 is 10.1. The van der Waals surface area contributed by atoms with Crippen LogP contribution in [0.4, 0.5) is 0 Å². The summed E-state index contributed by atoms with van der Waals surface area (Å²) >= 11 is 5.98. The molecule has 3 nitrogen and oxygen atoms in total. The van der Waals surface area contributed by atoms with E-state index in [0.29, 0.717) is 23.3 Å². The molecule has 1 aromatic carbocycles. The topological polar surface area (TPSA) is 35.5 Å². The summed E-state index contributed by atoms with van der Waals surface area (Å²) in [7, 11) is 1.56. The number of carbonyl (C=O) groups excluding carboxylic acids is 1. The number of esters is 1. The van der Waals surface area contributed by atoms with Crippen molar-refractivity contribution < 1.29 is 14.3 Å². The SMILES string of the molecule is COc1ccc(C=CC(=O)OCC2CC2)cc1Cl. The van der Waals surface area contributed by atoms with Gasteiger partial charge >= 0.3 is 5.97 Å². The number of methoxy groups -OCH3 is 1. The van der Waals surface area contributed by atoms with Gasteiger partial charge < -0.3 is 9.47 Å². The largest absolute Gasteiger partial charge is 0.495 e. The van der Waals surface area contributed by atoms with E-state index in [2.05, 4.69) is 0 Å². The molecule has 0 saturated heterocycles. The molecular formula is C14H15ClO3. The first-order valence-corrected chi connectivity index (χ1v) is 6.25. The average molecular weight is 267 g/mol. The van der Waals surface area contributed by atoms with Crippen molar-refractivity contribution in [3.63, 3.8) is 0 Å². The predicted octanol–water partition coefficient (Wildman–Crippen LogP) is 3.32. The summed E-state index contributed by atoms with van der Waals surface area (Å²) in [6, 6.07) is 5.33. The van der Waals surface area contributed by atoms with Gasteiger partial charge in [-0.2, -0.15) is 0 Å². The van der Waals surface area contributed by atoms with Gasteiger partial charge in [0.1, 0.15) is 5.75 Å². The molecule has 1 saturated carbocycles. The Morgan fingerprint density at radius 2 is 2.28 bits per heavy atom. The van der Waals surface area contributed by atoms with Crippen LogP contribution in [0.2, 0.25) is 5.02 Å². The maximum Gasteiger partial charge on any atom is 0.330 e. The minimum atomic E-state index is -0.311. The molecule has 1 fully saturated rings. The average Bonchev–Trinajstić information content (AvgIpc) is 3.18. The second-order valence-corrected chi connectivity index (χ2v) is 4.71. The van der Waals surface area contributed by atoms with Gasteiger partial charge in [-0.05, 0) is 42.5 Å². The van der Waals surface area contributed by atoms with Gasteiger partial charge in [0.15, 0.2) is 0 Å². The molecule has 1 aliphatic rings. The Kier molecular flexibility index (Phi) is 4.26. The maximum atomic E-state index is 11.4. The molecule has 0 heterocycles. The second-order valence-electron chi connectivity index (χ2n) is 4.30. The maximum absolute atomic E-state index is 11.4. The highest BCUT2D eigenvalue weighted by molar-refractivity contribution is 6.32. The highest BCUT2D eigenvalue weighted by atomic mass is 35.5. The Balaban J connectivity index is 1.90. The van der Waals surface area contributed by atoms with E-state index in [1.807, 2.05) is 6.07 Å². The first kappa shape index (κ1) is 13.0. The number of hydrogen-bond donors (Lipinski definition) is 0. The van der Waals surface area contributed by atoms with E-state index >= 15 is 0 Å². The lowest BCUT2D eigenvalue weighted by atomic mass is 10.2. The summed E-state index contributed by atoms with van der Waals surface area (Å²) in [5, 5.41) is 0.519. The van der Waals surface area contributed by atoms with Crippen molar-refractivity contribution in [2.75, 3.05) is 13.7 Å². The van der Waals surface area contributed by atoms with Gasteiger partial charge in [0.25, 0.3) is 0 Å². The molecule has 0 N–H and O–H groups in total. The van der Waals surface area contributed by atoms with Crippen LogP contribution in [0.15, 0.2) is 24.3 Å². The van der Waals surface area contributed by atoms with Crippen LogP contribution in [-0.2, 0) is 9.53 Å². The molecule has 0 spiro atoms. The molecule has 4 heteroatoms. The van der Waals surface area contributed by atoms with Gasteiger partial charge in [0, 0.05) is 6.08 Å². The lowest BCUT2D eigenvalue weighted by molar-refractivity contribution is -0.138. The van der Waals surface area contributed by atoms with E-state index in [4.69, 9.17) is 21.1 Å². The zero-order chi connectivity index (χ0) is 13.0. The monoisotopic (exact) mass is 266 g/mol. The van der Waals surface area contributed by atoms with Crippen LogP contribution in [0.5, 0.6) is 5.75 Å². The molecule has 0 aromatic heterocycles. The summed E-state index contributed by atoms with van der Waals surface area (Å²) in [5.74, 6) is 0.886. The van der Waals surface area contributed by atoms with Crippen molar-refractivity contribution in [2.24, 2.45) is 5.92 Å². The molecular weight excluding hydrogens is 252 g/mol. The van der Waals surface area contributed by atoms with E-state index in [9.17, 15) is 4.79 Å².